The Hall–Kier alpha value is -1.62. The molecule has 1 aromatic heterocycles. The van der Waals surface area contributed by atoms with Crippen molar-refractivity contribution in [2.24, 2.45) is 4.99 Å². The Labute approximate surface area is 136 Å². The first-order chi connectivity index (χ1) is 10.4. The normalized spacial score (nSPS) is 14.1. The van der Waals surface area contributed by atoms with E-state index in [2.05, 4.69) is 54.8 Å². The Bertz CT molecular complexity index is 615. The van der Waals surface area contributed by atoms with Crippen molar-refractivity contribution >= 4 is 28.7 Å². The van der Waals surface area contributed by atoms with Crippen LogP contribution in [0.3, 0.4) is 0 Å². The molecule has 1 heterocycles. The highest BCUT2D eigenvalue weighted by molar-refractivity contribution is 7.99. The van der Waals surface area contributed by atoms with Crippen molar-refractivity contribution in [3.63, 3.8) is 0 Å². The van der Waals surface area contributed by atoms with E-state index in [1.807, 2.05) is 30.0 Å². The summed E-state index contributed by atoms with van der Waals surface area (Å²) in [6.07, 6.45) is 2.12. The van der Waals surface area contributed by atoms with Gasteiger partial charge in [-0.05, 0) is 39.2 Å². The van der Waals surface area contributed by atoms with Gasteiger partial charge in [-0.15, -0.1) is 0 Å². The quantitative estimate of drug-likeness (QED) is 0.650. The number of para-hydroxylation sites is 1. The summed E-state index contributed by atoms with van der Waals surface area (Å²) < 4.78 is 6.06. The van der Waals surface area contributed by atoms with Crippen LogP contribution in [0, 0.1) is 0 Å². The number of guanidine groups is 1. The topological polar surface area (TPSA) is 49.6 Å². The molecular weight excluding hydrogens is 294 g/mol. The van der Waals surface area contributed by atoms with Crippen LogP contribution in [0.1, 0.15) is 32.6 Å². The van der Waals surface area contributed by atoms with Gasteiger partial charge in [0.1, 0.15) is 11.3 Å². The maximum absolute atomic E-state index is 5.89. The van der Waals surface area contributed by atoms with E-state index in [-0.39, 0.29) is 10.8 Å². The highest BCUT2D eigenvalue weighted by Crippen LogP contribution is 2.23. The van der Waals surface area contributed by atoms with Crippen LogP contribution in [-0.2, 0) is 0 Å². The zero-order chi connectivity index (χ0) is 16.2. The van der Waals surface area contributed by atoms with E-state index >= 15 is 0 Å². The molecule has 120 valence electrons. The molecule has 0 radical (unpaired) electrons. The molecule has 0 bridgehead atoms. The van der Waals surface area contributed by atoms with Gasteiger partial charge >= 0.3 is 0 Å². The fraction of sp³-hybridized carbons (Fsp3) is 0.471. The first-order valence-corrected chi connectivity index (χ1v) is 8.68. The van der Waals surface area contributed by atoms with Crippen molar-refractivity contribution in [2.45, 2.75) is 31.6 Å². The first kappa shape index (κ1) is 16.7. The summed E-state index contributed by atoms with van der Waals surface area (Å²) in [5.74, 6) is 1.70. The molecule has 0 fully saturated rings. The Balaban J connectivity index is 2.01. The van der Waals surface area contributed by atoms with Crippen LogP contribution in [0.5, 0.6) is 0 Å². The van der Waals surface area contributed by atoms with Gasteiger partial charge in [-0.25, -0.2) is 0 Å². The predicted molar refractivity (Wildman–Crippen MR) is 96.7 cm³/mol. The van der Waals surface area contributed by atoms with E-state index < -0.39 is 0 Å². The summed E-state index contributed by atoms with van der Waals surface area (Å²) in [5.41, 5.74) is 0.914. The number of nitrogens with one attached hydrogen (secondary N) is 2. The van der Waals surface area contributed by atoms with Crippen LogP contribution in [-0.4, -0.2) is 30.6 Å². The first-order valence-electron chi connectivity index (χ1n) is 7.46. The molecule has 0 aliphatic rings. The van der Waals surface area contributed by atoms with Crippen molar-refractivity contribution in [1.29, 1.82) is 0 Å². The lowest BCUT2D eigenvalue weighted by Crippen LogP contribution is -2.44. The third-order valence-corrected chi connectivity index (χ3v) is 4.93. The number of hydrogen-bond donors (Lipinski definition) is 2. The van der Waals surface area contributed by atoms with Gasteiger partial charge in [0.05, 0.1) is 6.04 Å². The molecule has 0 aliphatic carbocycles. The van der Waals surface area contributed by atoms with Gasteiger partial charge < -0.3 is 15.1 Å². The van der Waals surface area contributed by atoms with Crippen LogP contribution >= 0.6 is 11.8 Å². The average Bonchev–Trinajstić information content (AvgIpc) is 2.95. The maximum atomic E-state index is 5.89. The molecule has 0 aliphatic heterocycles. The fourth-order valence-electron chi connectivity index (χ4n) is 2.06. The second-order valence-corrected chi connectivity index (χ2v) is 7.46. The van der Waals surface area contributed by atoms with Gasteiger partial charge in [-0.2, -0.15) is 11.8 Å². The van der Waals surface area contributed by atoms with E-state index in [4.69, 9.17) is 4.42 Å². The molecule has 5 heteroatoms. The fourth-order valence-corrected chi connectivity index (χ4v) is 2.27. The summed E-state index contributed by atoms with van der Waals surface area (Å²) in [6, 6.07) is 10.2. The van der Waals surface area contributed by atoms with Crippen LogP contribution in [0.4, 0.5) is 0 Å². The maximum Gasteiger partial charge on any atom is 0.191 e. The van der Waals surface area contributed by atoms with Gasteiger partial charge in [0, 0.05) is 23.7 Å². The smallest absolute Gasteiger partial charge is 0.191 e. The Morgan fingerprint density at radius 2 is 2.09 bits per heavy atom. The van der Waals surface area contributed by atoms with Gasteiger partial charge in [0.2, 0.25) is 0 Å². The van der Waals surface area contributed by atoms with Crippen molar-refractivity contribution in [1.82, 2.24) is 10.6 Å². The molecule has 1 unspecified atom stereocenters. The zero-order valence-electron chi connectivity index (χ0n) is 13.9. The summed E-state index contributed by atoms with van der Waals surface area (Å²) in [6.45, 7) is 7.34. The number of rotatable bonds is 5. The third kappa shape index (κ3) is 4.19. The molecule has 0 saturated carbocycles. The minimum atomic E-state index is 0.0518. The molecule has 2 aromatic rings. The van der Waals surface area contributed by atoms with Crippen molar-refractivity contribution in [3.05, 3.63) is 36.1 Å². The summed E-state index contributed by atoms with van der Waals surface area (Å²) in [7, 11) is 1.78. The van der Waals surface area contributed by atoms with Gasteiger partial charge in [-0.1, -0.05) is 18.2 Å². The van der Waals surface area contributed by atoms with E-state index in [0.29, 0.717) is 0 Å². The lowest BCUT2D eigenvalue weighted by Gasteiger charge is -2.24. The summed E-state index contributed by atoms with van der Waals surface area (Å²) in [4.78, 5) is 4.29. The van der Waals surface area contributed by atoms with Crippen molar-refractivity contribution in [3.8, 4) is 0 Å². The molecule has 0 saturated heterocycles. The molecule has 2 N–H and O–H groups in total. The number of fused-ring (bicyclic) bond motifs is 1. The second kappa shape index (κ2) is 7.09. The average molecular weight is 319 g/mol. The number of hydrogen-bond acceptors (Lipinski definition) is 3. The SMILES string of the molecule is CN=C(NCC(C)(C)SC)NC(C)c1cc2ccccc2o1. The molecular formula is C17H25N3OS. The zero-order valence-corrected chi connectivity index (χ0v) is 14.8. The number of furan rings is 1. The van der Waals surface area contributed by atoms with E-state index in [9.17, 15) is 0 Å². The third-order valence-electron chi connectivity index (χ3n) is 3.68. The summed E-state index contributed by atoms with van der Waals surface area (Å²) >= 11 is 1.83. The highest BCUT2D eigenvalue weighted by Gasteiger charge is 2.18. The molecule has 1 atom stereocenters. The predicted octanol–water partition coefficient (Wildman–Crippen LogP) is 3.80. The molecule has 4 nitrogen and oxygen atoms in total. The standard InChI is InChI=1S/C17H25N3OS/c1-12(15-10-13-8-6-7-9-14(13)21-15)20-16(18-4)19-11-17(2,3)22-5/h6-10,12H,11H2,1-5H3,(H2,18,19,20). The molecule has 22 heavy (non-hydrogen) atoms. The van der Waals surface area contributed by atoms with Crippen LogP contribution < -0.4 is 10.6 Å². The van der Waals surface area contributed by atoms with Crippen molar-refractivity contribution < 1.29 is 4.42 Å². The number of nitrogens with zero attached hydrogens (tertiary/aromatic N) is 1. The molecule has 0 amide bonds. The Morgan fingerprint density at radius 1 is 1.36 bits per heavy atom. The minimum absolute atomic E-state index is 0.0518. The van der Waals surface area contributed by atoms with Crippen LogP contribution in [0.15, 0.2) is 39.7 Å². The van der Waals surface area contributed by atoms with E-state index in [0.717, 1.165) is 29.2 Å². The van der Waals surface area contributed by atoms with Crippen LogP contribution in [0.25, 0.3) is 11.0 Å². The molecule has 0 spiro atoms. The largest absolute Gasteiger partial charge is 0.459 e. The second-order valence-electron chi connectivity index (χ2n) is 5.94. The van der Waals surface area contributed by atoms with Gasteiger partial charge in [0.25, 0.3) is 0 Å². The minimum Gasteiger partial charge on any atom is -0.459 e. The van der Waals surface area contributed by atoms with Gasteiger partial charge in [-0.3, -0.25) is 4.99 Å². The molecule has 1 aromatic carbocycles. The Kier molecular flexibility index (Phi) is 5.40. The lowest BCUT2D eigenvalue weighted by molar-refractivity contribution is 0.487. The number of thioether (sulfide) groups is 1. The van der Waals surface area contributed by atoms with Gasteiger partial charge in [0.15, 0.2) is 5.96 Å². The van der Waals surface area contributed by atoms with E-state index in [1.165, 1.54) is 0 Å². The Morgan fingerprint density at radius 3 is 2.73 bits per heavy atom. The van der Waals surface area contributed by atoms with E-state index in [1.54, 1.807) is 7.05 Å². The number of aliphatic imine (C=N–C) groups is 1. The summed E-state index contributed by atoms with van der Waals surface area (Å²) in [5, 5.41) is 7.87. The molecule has 2 rings (SSSR count). The monoisotopic (exact) mass is 319 g/mol. The highest BCUT2D eigenvalue weighted by atomic mass is 32.2. The number of benzene rings is 1. The lowest BCUT2D eigenvalue weighted by atomic mass is 10.2. The van der Waals surface area contributed by atoms with Crippen molar-refractivity contribution in [2.75, 3.05) is 19.8 Å². The van der Waals surface area contributed by atoms with Crippen LogP contribution in [0.2, 0.25) is 0 Å².